The van der Waals surface area contributed by atoms with Crippen molar-refractivity contribution in [3.63, 3.8) is 0 Å². The van der Waals surface area contributed by atoms with Gasteiger partial charge in [0.05, 0.1) is 4.92 Å². The quantitative estimate of drug-likeness (QED) is 0.652. The highest BCUT2D eigenvalue weighted by molar-refractivity contribution is 6.32. The third kappa shape index (κ3) is 3.64. The third-order valence-corrected chi connectivity index (χ3v) is 3.90. The van der Waals surface area contributed by atoms with Crippen LogP contribution in [0.5, 0.6) is 0 Å². The first-order valence-electron chi connectivity index (χ1n) is 6.67. The molecular weight excluding hydrogens is 312 g/mol. The van der Waals surface area contributed by atoms with E-state index in [2.05, 4.69) is 5.32 Å². The smallest absolute Gasteiger partial charge is 0.321 e. The number of amides is 3. The summed E-state index contributed by atoms with van der Waals surface area (Å²) in [7, 11) is 0. The number of anilines is 1. The molecule has 1 aliphatic heterocycles. The highest BCUT2D eigenvalue weighted by Crippen LogP contribution is 2.27. The van der Waals surface area contributed by atoms with E-state index in [0.29, 0.717) is 25.9 Å². The standard InChI is InChI=1S/C13H15ClN4O4/c14-10-2-1-9(7-11(10)18(21)22)16-13(20)17-5-3-8(4-6-17)12(15)19/h1-2,7-8H,3-6H2,(H2,15,19)(H,16,20). The molecule has 1 aliphatic rings. The minimum atomic E-state index is -0.615. The van der Waals surface area contributed by atoms with Crippen molar-refractivity contribution < 1.29 is 14.5 Å². The molecular formula is C13H15ClN4O4. The Labute approximate surface area is 131 Å². The Balaban J connectivity index is 2.00. The Morgan fingerprint density at radius 3 is 2.55 bits per heavy atom. The van der Waals surface area contributed by atoms with Gasteiger partial charge in [-0.05, 0) is 25.0 Å². The van der Waals surface area contributed by atoms with E-state index in [0.717, 1.165) is 0 Å². The van der Waals surface area contributed by atoms with Crippen LogP contribution >= 0.6 is 11.6 Å². The van der Waals surface area contributed by atoms with E-state index in [4.69, 9.17) is 17.3 Å². The summed E-state index contributed by atoms with van der Waals surface area (Å²) < 4.78 is 0. The number of primary amides is 1. The van der Waals surface area contributed by atoms with E-state index in [1.165, 1.54) is 18.2 Å². The maximum Gasteiger partial charge on any atom is 0.321 e. The van der Waals surface area contributed by atoms with Gasteiger partial charge >= 0.3 is 6.03 Å². The molecule has 1 heterocycles. The van der Waals surface area contributed by atoms with Gasteiger partial charge in [-0.25, -0.2) is 4.79 Å². The number of piperidine rings is 1. The van der Waals surface area contributed by atoms with E-state index in [-0.39, 0.29) is 34.3 Å². The van der Waals surface area contributed by atoms with E-state index in [9.17, 15) is 19.7 Å². The summed E-state index contributed by atoms with van der Waals surface area (Å²) >= 11 is 5.71. The lowest BCUT2D eigenvalue weighted by molar-refractivity contribution is -0.384. The van der Waals surface area contributed by atoms with Crippen molar-refractivity contribution in [3.05, 3.63) is 33.3 Å². The summed E-state index contributed by atoms with van der Waals surface area (Å²) in [6.45, 7) is 0.824. The van der Waals surface area contributed by atoms with Crippen molar-refractivity contribution >= 4 is 34.9 Å². The van der Waals surface area contributed by atoms with Crippen LogP contribution < -0.4 is 11.1 Å². The van der Waals surface area contributed by atoms with Gasteiger partial charge in [0.15, 0.2) is 0 Å². The van der Waals surface area contributed by atoms with Crippen molar-refractivity contribution in [2.24, 2.45) is 11.7 Å². The molecule has 0 unspecified atom stereocenters. The fraction of sp³-hybridized carbons (Fsp3) is 0.385. The number of rotatable bonds is 3. The number of carbonyl (C=O) groups excluding carboxylic acids is 2. The molecule has 9 heteroatoms. The molecule has 118 valence electrons. The zero-order chi connectivity index (χ0) is 16.3. The molecule has 0 aromatic heterocycles. The number of urea groups is 1. The molecule has 22 heavy (non-hydrogen) atoms. The summed E-state index contributed by atoms with van der Waals surface area (Å²) in [4.78, 5) is 34.9. The third-order valence-electron chi connectivity index (χ3n) is 3.58. The van der Waals surface area contributed by atoms with Crippen LogP contribution in [-0.4, -0.2) is 34.9 Å². The first-order valence-corrected chi connectivity index (χ1v) is 7.05. The van der Waals surface area contributed by atoms with Crippen LogP contribution in [0.3, 0.4) is 0 Å². The van der Waals surface area contributed by atoms with Crippen LogP contribution in [0.4, 0.5) is 16.2 Å². The van der Waals surface area contributed by atoms with E-state index in [1.807, 2.05) is 0 Å². The molecule has 1 fully saturated rings. The van der Waals surface area contributed by atoms with E-state index >= 15 is 0 Å². The molecule has 0 saturated carbocycles. The van der Waals surface area contributed by atoms with Crippen LogP contribution in [0.15, 0.2) is 18.2 Å². The number of benzene rings is 1. The van der Waals surface area contributed by atoms with Crippen LogP contribution in [0, 0.1) is 16.0 Å². The monoisotopic (exact) mass is 326 g/mol. The van der Waals surface area contributed by atoms with Crippen LogP contribution in [0.25, 0.3) is 0 Å². The van der Waals surface area contributed by atoms with Crippen molar-refractivity contribution in [1.29, 1.82) is 0 Å². The van der Waals surface area contributed by atoms with Gasteiger partial charge in [0.1, 0.15) is 5.02 Å². The number of nitrogens with two attached hydrogens (primary N) is 1. The second-order valence-electron chi connectivity index (χ2n) is 5.02. The van der Waals surface area contributed by atoms with E-state index in [1.54, 1.807) is 4.90 Å². The number of nitro groups is 1. The van der Waals surface area contributed by atoms with Gasteiger partial charge in [0.2, 0.25) is 5.91 Å². The lowest BCUT2D eigenvalue weighted by atomic mass is 9.96. The molecule has 1 aromatic carbocycles. The lowest BCUT2D eigenvalue weighted by Gasteiger charge is -2.30. The van der Waals surface area contributed by atoms with Gasteiger partial charge in [0.25, 0.3) is 5.69 Å². The van der Waals surface area contributed by atoms with Gasteiger partial charge in [-0.1, -0.05) is 11.6 Å². The summed E-state index contributed by atoms with van der Waals surface area (Å²) in [6.07, 6.45) is 1.03. The molecule has 3 N–H and O–H groups in total. The number of hydrogen-bond donors (Lipinski definition) is 2. The fourth-order valence-corrected chi connectivity index (χ4v) is 2.49. The minimum Gasteiger partial charge on any atom is -0.369 e. The fourth-order valence-electron chi connectivity index (χ4n) is 2.30. The van der Waals surface area contributed by atoms with Crippen molar-refractivity contribution in [2.45, 2.75) is 12.8 Å². The molecule has 0 bridgehead atoms. The van der Waals surface area contributed by atoms with Gasteiger partial charge in [-0.3, -0.25) is 14.9 Å². The first kappa shape index (κ1) is 16.0. The highest BCUT2D eigenvalue weighted by atomic mass is 35.5. The molecule has 8 nitrogen and oxygen atoms in total. The Bertz CT molecular complexity index is 614. The Kier molecular flexibility index (Phi) is 4.81. The summed E-state index contributed by atoms with van der Waals surface area (Å²) in [5.74, 6) is -0.561. The van der Waals surface area contributed by atoms with Crippen LogP contribution in [0.1, 0.15) is 12.8 Å². The maximum absolute atomic E-state index is 12.1. The Hall–Kier alpha value is -2.35. The summed E-state index contributed by atoms with van der Waals surface area (Å²) in [5.41, 5.74) is 5.26. The number of carbonyl (C=O) groups is 2. The normalized spacial score (nSPS) is 15.4. The number of hydrogen-bond acceptors (Lipinski definition) is 4. The SMILES string of the molecule is NC(=O)C1CCN(C(=O)Nc2ccc(Cl)c([N+](=O)[O-])c2)CC1. The number of nitro benzene ring substituents is 1. The minimum absolute atomic E-state index is 0.00488. The summed E-state index contributed by atoms with van der Waals surface area (Å²) in [6, 6.07) is 3.67. The summed E-state index contributed by atoms with van der Waals surface area (Å²) in [5, 5.41) is 13.4. The average molecular weight is 327 g/mol. The highest BCUT2D eigenvalue weighted by Gasteiger charge is 2.26. The Morgan fingerprint density at radius 1 is 1.36 bits per heavy atom. The van der Waals surface area contributed by atoms with Crippen molar-refractivity contribution in [3.8, 4) is 0 Å². The van der Waals surface area contributed by atoms with Crippen molar-refractivity contribution in [2.75, 3.05) is 18.4 Å². The molecule has 0 spiro atoms. The van der Waals surface area contributed by atoms with Crippen molar-refractivity contribution in [1.82, 2.24) is 4.90 Å². The second kappa shape index (κ2) is 6.61. The van der Waals surface area contributed by atoms with Gasteiger partial charge in [-0.2, -0.15) is 0 Å². The topological polar surface area (TPSA) is 119 Å². The molecule has 1 saturated heterocycles. The predicted molar refractivity (Wildman–Crippen MR) is 80.6 cm³/mol. The van der Waals surface area contributed by atoms with Gasteiger partial charge in [0, 0.05) is 30.8 Å². The number of halogens is 1. The zero-order valence-corrected chi connectivity index (χ0v) is 12.4. The van der Waals surface area contributed by atoms with Crippen LogP contribution in [-0.2, 0) is 4.79 Å². The average Bonchev–Trinajstić information content (AvgIpc) is 2.49. The molecule has 0 aliphatic carbocycles. The zero-order valence-electron chi connectivity index (χ0n) is 11.6. The molecule has 0 radical (unpaired) electrons. The van der Waals surface area contributed by atoms with Gasteiger partial charge < -0.3 is 16.0 Å². The molecule has 0 atom stereocenters. The Morgan fingerprint density at radius 2 is 2.00 bits per heavy atom. The largest absolute Gasteiger partial charge is 0.369 e. The molecule has 3 amide bonds. The number of nitrogens with one attached hydrogen (secondary N) is 1. The van der Waals surface area contributed by atoms with Gasteiger partial charge in [-0.15, -0.1) is 0 Å². The number of likely N-dealkylation sites (tertiary alicyclic amines) is 1. The van der Waals surface area contributed by atoms with E-state index < -0.39 is 4.92 Å². The van der Waals surface area contributed by atoms with Crippen LogP contribution in [0.2, 0.25) is 5.02 Å². The first-order chi connectivity index (χ1) is 10.4. The molecule has 1 aromatic rings. The number of nitrogens with zero attached hydrogens (tertiary/aromatic N) is 2. The lowest BCUT2D eigenvalue weighted by Crippen LogP contribution is -2.43. The predicted octanol–water partition coefficient (Wildman–Crippen LogP) is 1.98. The second-order valence-corrected chi connectivity index (χ2v) is 5.42. The molecule has 2 rings (SSSR count). The maximum atomic E-state index is 12.1.